The van der Waals surface area contributed by atoms with Crippen molar-refractivity contribution in [3.05, 3.63) is 77.4 Å². The lowest BCUT2D eigenvalue weighted by Crippen LogP contribution is -2.25. The van der Waals surface area contributed by atoms with Crippen molar-refractivity contribution in [2.24, 2.45) is 0 Å². The molecule has 2 aromatic carbocycles. The number of hydrogen-bond acceptors (Lipinski definition) is 6. The van der Waals surface area contributed by atoms with Crippen LogP contribution in [0.15, 0.2) is 66.8 Å². The first-order chi connectivity index (χ1) is 17.1. The topological polar surface area (TPSA) is 147 Å². The third kappa shape index (κ3) is 8.26. The minimum atomic E-state index is -1.26. The molecule has 0 bridgehead atoms. The second kappa shape index (κ2) is 13.7. The highest BCUT2D eigenvalue weighted by Crippen LogP contribution is 2.40. The number of rotatable bonds is 9. The third-order valence-electron chi connectivity index (χ3n) is 4.95. The summed E-state index contributed by atoms with van der Waals surface area (Å²) in [6.07, 6.45) is 4.62. The maximum Gasteiger partial charge on any atom is 0.328 e. The van der Waals surface area contributed by atoms with E-state index in [1.807, 2.05) is 30.3 Å². The van der Waals surface area contributed by atoms with Gasteiger partial charge in [0.1, 0.15) is 0 Å². The quantitative estimate of drug-likeness (QED) is 0.291. The zero-order valence-electron chi connectivity index (χ0n) is 19.4. The minimum Gasteiger partial charge on any atom is -0.478 e. The number of fused-ring (bicyclic) bond motifs is 2. The summed E-state index contributed by atoms with van der Waals surface area (Å²) in [7, 11) is 1.78. The van der Waals surface area contributed by atoms with Crippen molar-refractivity contribution >= 4 is 52.5 Å². The molecule has 1 heterocycles. The molecule has 0 saturated heterocycles. The summed E-state index contributed by atoms with van der Waals surface area (Å²) in [4.78, 5) is 46.3. The molecule has 0 unspecified atom stereocenters. The van der Waals surface area contributed by atoms with Crippen LogP contribution in [-0.4, -0.2) is 65.8 Å². The van der Waals surface area contributed by atoms with E-state index in [0.29, 0.717) is 42.4 Å². The Morgan fingerprint density at radius 3 is 2.14 bits per heavy atom. The Morgan fingerprint density at radius 1 is 0.917 bits per heavy atom. The van der Waals surface area contributed by atoms with Gasteiger partial charge in [0.05, 0.1) is 22.6 Å². The first kappa shape index (κ1) is 28.1. The lowest BCUT2D eigenvalue weighted by Gasteiger charge is -2.26. The molecule has 1 aliphatic heterocycles. The Morgan fingerprint density at radius 2 is 1.53 bits per heavy atom. The summed E-state index contributed by atoms with van der Waals surface area (Å²) in [5.41, 5.74) is 3.20. The standard InChI is InChI=1S/C21H22ClN3O3.C4H4O4/c1-24-17-6-2-3-7-18(17)25(13-5-12-23-11-4-8-20(26)27)19-14-15(22)9-10-16(19)21(24)28;5-3(6)1-2-4(7)8/h2-4,6-10,14,23H,5,11-13H2,1H3,(H,26,27);1-2H,(H,5,6)(H,7,8)/b8-4+;2-1-. The number of nitrogens with one attached hydrogen (secondary N) is 1. The molecule has 4 N–H and O–H groups in total. The largest absolute Gasteiger partial charge is 0.478 e. The molecule has 0 aromatic heterocycles. The van der Waals surface area contributed by atoms with Crippen LogP contribution in [0.2, 0.25) is 5.02 Å². The molecule has 0 aliphatic carbocycles. The summed E-state index contributed by atoms with van der Waals surface area (Å²) in [6, 6.07) is 13.1. The van der Waals surface area contributed by atoms with Crippen molar-refractivity contribution in [2.45, 2.75) is 6.42 Å². The van der Waals surface area contributed by atoms with Crippen molar-refractivity contribution in [3.63, 3.8) is 0 Å². The van der Waals surface area contributed by atoms with Gasteiger partial charge in [0.15, 0.2) is 0 Å². The normalized spacial score (nSPS) is 12.6. The number of nitrogens with zero attached hydrogens (tertiary/aromatic N) is 2. The number of carboxylic acids is 3. The highest BCUT2D eigenvalue weighted by molar-refractivity contribution is 6.31. The van der Waals surface area contributed by atoms with Crippen molar-refractivity contribution in [2.75, 3.05) is 36.5 Å². The van der Waals surface area contributed by atoms with Gasteiger partial charge in [-0.15, -0.1) is 0 Å². The predicted octanol–water partition coefficient (Wildman–Crippen LogP) is 3.40. The van der Waals surface area contributed by atoms with Gasteiger partial charge < -0.3 is 30.4 Å². The van der Waals surface area contributed by atoms with Crippen LogP contribution < -0.4 is 15.1 Å². The fourth-order valence-corrected chi connectivity index (χ4v) is 3.56. The first-order valence-electron chi connectivity index (χ1n) is 10.8. The molecule has 0 fully saturated rings. The number of benzene rings is 2. The van der Waals surface area contributed by atoms with E-state index in [9.17, 15) is 19.2 Å². The Balaban J connectivity index is 0.000000493. The number of amides is 1. The average Bonchev–Trinajstić information content (AvgIpc) is 2.91. The van der Waals surface area contributed by atoms with Crippen LogP contribution in [0.25, 0.3) is 0 Å². The van der Waals surface area contributed by atoms with Crippen molar-refractivity contribution in [1.29, 1.82) is 0 Å². The van der Waals surface area contributed by atoms with Crippen LogP contribution in [0.5, 0.6) is 0 Å². The number of para-hydroxylation sites is 2. The Bertz CT molecular complexity index is 1160. The van der Waals surface area contributed by atoms with Gasteiger partial charge in [-0.05, 0) is 43.3 Å². The van der Waals surface area contributed by atoms with Gasteiger partial charge in [-0.3, -0.25) is 4.79 Å². The van der Waals surface area contributed by atoms with Gasteiger partial charge in [-0.25, -0.2) is 14.4 Å². The fraction of sp³-hybridized carbons (Fsp3) is 0.200. The van der Waals surface area contributed by atoms with E-state index in [1.54, 1.807) is 30.2 Å². The van der Waals surface area contributed by atoms with Crippen LogP contribution in [0.1, 0.15) is 16.8 Å². The lowest BCUT2D eigenvalue weighted by atomic mass is 10.1. The molecular formula is C25H26ClN3O7. The Kier molecular flexibility index (Phi) is 10.7. The minimum absolute atomic E-state index is 0.0708. The van der Waals surface area contributed by atoms with E-state index >= 15 is 0 Å². The van der Waals surface area contributed by atoms with Gasteiger partial charge in [-0.2, -0.15) is 0 Å². The third-order valence-corrected chi connectivity index (χ3v) is 5.18. The van der Waals surface area contributed by atoms with Crippen LogP contribution in [-0.2, 0) is 14.4 Å². The molecule has 3 rings (SSSR count). The molecule has 36 heavy (non-hydrogen) atoms. The molecule has 1 amide bonds. The SMILES string of the molecule is CN1C(=O)c2ccc(Cl)cc2N(CCCNC/C=C/C(=O)O)c2ccccc21.O=C(O)/C=C\C(=O)O. The number of hydrogen-bond donors (Lipinski definition) is 4. The van der Waals surface area contributed by atoms with Crippen molar-refractivity contribution in [1.82, 2.24) is 5.32 Å². The van der Waals surface area contributed by atoms with E-state index in [4.69, 9.17) is 26.9 Å². The van der Waals surface area contributed by atoms with Crippen LogP contribution in [0, 0.1) is 0 Å². The highest BCUT2D eigenvalue weighted by Gasteiger charge is 2.28. The second-order valence-electron chi connectivity index (χ2n) is 7.47. The number of carbonyl (C=O) groups excluding carboxylic acids is 1. The zero-order valence-corrected chi connectivity index (χ0v) is 20.2. The average molecular weight is 516 g/mol. The van der Waals surface area contributed by atoms with Gasteiger partial charge in [0.25, 0.3) is 5.91 Å². The van der Waals surface area contributed by atoms with Crippen LogP contribution >= 0.6 is 11.6 Å². The Labute approximate surface area is 212 Å². The van der Waals surface area contributed by atoms with Gasteiger partial charge in [-0.1, -0.05) is 29.8 Å². The fourth-order valence-electron chi connectivity index (χ4n) is 3.40. The Hall–Kier alpha value is -4.15. The number of carbonyl (C=O) groups is 4. The molecule has 0 atom stereocenters. The summed E-state index contributed by atoms with van der Waals surface area (Å²) < 4.78 is 0. The molecule has 0 saturated carbocycles. The molecular weight excluding hydrogens is 490 g/mol. The van der Waals surface area contributed by atoms with Gasteiger partial charge >= 0.3 is 17.9 Å². The van der Waals surface area contributed by atoms with Crippen LogP contribution in [0.4, 0.5) is 17.1 Å². The number of anilines is 3. The van der Waals surface area contributed by atoms with Gasteiger partial charge in [0, 0.05) is 43.4 Å². The monoisotopic (exact) mass is 515 g/mol. The van der Waals surface area contributed by atoms with E-state index in [0.717, 1.165) is 29.6 Å². The number of aliphatic carboxylic acids is 3. The predicted molar refractivity (Wildman–Crippen MR) is 136 cm³/mol. The van der Waals surface area contributed by atoms with E-state index in [2.05, 4.69) is 10.2 Å². The molecule has 190 valence electrons. The smallest absolute Gasteiger partial charge is 0.328 e. The van der Waals surface area contributed by atoms with Gasteiger partial charge in [0.2, 0.25) is 0 Å². The molecule has 1 aliphatic rings. The molecule has 2 aromatic rings. The molecule has 10 nitrogen and oxygen atoms in total. The lowest BCUT2D eigenvalue weighted by molar-refractivity contribution is -0.134. The highest BCUT2D eigenvalue weighted by atomic mass is 35.5. The van der Waals surface area contributed by atoms with Crippen molar-refractivity contribution in [3.8, 4) is 0 Å². The molecule has 11 heteroatoms. The summed E-state index contributed by atoms with van der Waals surface area (Å²) in [6.45, 7) is 1.88. The summed E-state index contributed by atoms with van der Waals surface area (Å²) >= 11 is 6.23. The van der Waals surface area contributed by atoms with E-state index in [-0.39, 0.29) is 5.91 Å². The van der Waals surface area contributed by atoms with E-state index < -0.39 is 17.9 Å². The maximum atomic E-state index is 12.9. The molecule has 0 spiro atoms. The number of halogens is 1. The molecule has 0 radical (unpaired) electrons. The zero-order chi connectivity index (χ0) is 26.7. The maximum absolute atomic E-state index is 12.9. The second-order valence-corrected chi connectivity index (χ2v) is 7.91. The number of carboxylic acid groups (broad SMARTS) is 3. The van der Waals surface area contributed by atoms with E-state index in [1.165, 1.54) is 0 Å². The first-order valence-corrected chi connectivity index (χ1v) is 11.2. The van der Waals surface area contributed by atoms with Crippen LogP contribution in [0.3, 0.4) is 0 Å². The summed E-state index contributed by atoms with van der Waals surface area (Å²) in [5.74, 6) is -3.54. The summed E-state index contributed by atoms with van der Waals surface area (Å²) in [5, 5.41) is 28.0. The van der Waals surface area contributed by atoms with Crippen molar-refractivity contribution < 1.29 is 34.5 Å².